The van der Waals surface area contributed by atoms with Crippen LogP contribution in [0.3, 0.4) is 0 Å². The van der Waals surface area contributed by atoms with Gasteiger partial charge in [0.2, 0.25) is 0 Å². The Morgan fingerprint density at radius 2 is 1.85 bits per heavy atom. The van der Waals surface area contributed by atoms with Crippen molar-refractivity contribution in [2.75, 3.05) is 0 Å². The number of carbonyl (C=O) groups is 1. The number of hydrogen-bond acceptors (Lipinski definition) is 2. The van der Waals surface area contributed by atoms with E-state index < -0.39 is 0 Å². The topological polar surface area (TPSA) is 34.9 Å². The summed E-state index contributed by atoms with van der Waals surface area (Å²) in [6.07, 6.45) is 5.17. The van der Waals surface area contributed by atoms with E-state index in [1.807, 2.05) is 41.2 Å². The van der Waals surface area contributed by atoms with E-state index in [0.29, 0.717) is 6.42 Å². The lowest BCUT2D eigenvalue weighted by molar-refractivity contribution is 0.0938. The van der Waals surface area contributed by atoms with Crippen LogP contribution in [0.15, 0.2) is 66.4 Å². The number of Topliss-reactive ketones (excluding diaryl/α,β-unsaturated/α-hetero) is 1. The van der Waals surface area contributed by atoms with Gasteiger partial charge in [-0.05, 0) is 54.7 Å². The highest BCUT2D eigenvalue weighted by Gasteiger charge is 2.35. The molecule has 27 heavy (non-hydrogen) atoms. The summed E-state index contributed by atoms with van der Waals surface area (Å²) in [6, 6.07) is 15.7. The van der Waals surface area contributed by atoms with Gasteiger partial charge in [0.05, 0.1) is 17.6 Å². The summed E-state index contributed by atoms with van der Waals surface area (Å²) in [5.41, 5.74) is 4.60. The van der Waals surface area contributed by atoms with Gasteiger partial charge in [-0.25, -0.2) is 9.07 Å². The molecule has 4 rings (SSSR count). The van der Waals surface area contributed by atoms with E-state index in [2.05, 4.69) is 25.0 Å². The van der Waals surface area contributed by atoms with E-state index in [9.17, 15) is 9.18 Å². The van der Waals surface area contributed by atoms with E-state index >= 15 is 0 Å². The summed E-state index contributed by atoms with van der Waals surface area (Å²) in [4.78, 5) is 12.8. The van der Waals surface area contributed by atoms with Crippen LogP contribution in [0.4, 0.5) is 4.39 Å². The first-order valence-corrected chi connectivity index (χ1v) is 9.06. The van der Waals surface area contributed by atoms with Crippen LogP contribution in [-0.4, -0.2) is 15.6 Å². The van der Waals surface area contributed by atoms with Gasteiger partial charge in [-0.15, -0.1) is 0 Å². The highest BCUT2D eigenvalue weighted by atomic mass is 19.1. The zero-order chi connectivity index (χ0) is 19.0. The third-order valence-corrected chi connectivity index (χ3v) is 5.49. The van der Waals surface area contributed by atoms with Crippen LogP contribution in [0.1, 0.15) is 41.9 Å². The molecule has 2 aromatic carbocycles. The minimum absolute atomic E-state index is 0.153. The molecule has 0 radical (unpaired) electrons. The summed E-state index contributed by atoms with van der Waals surface area (Å²) in [5.74, 6) is -0.112. The first-order chi connectivity index (χ1) is 13.0. The molecule has 0 saturated carbocycles. The standard InChI is InChI=1S/C23H21FN2O/c1-16-12-21-18(15-25-26(21)20-10-8-19(24)9-11-20)13-23(16,2)14-22(27)17-6-4-3-5-7-17/h3-12,15H,13-14H2,1-2H3/t23-/m1/s1. The molecule has 1 aliphatic carbocycles. The summed E-state index contributed by atoms with van der Waals surface area (Å²) in [7, 11) is 0. The molecule has 1 aromatic heterocycles. The smallest absolute Gasteiger partial charge is 0.163 e. The normalized spacial score (nSPS) is 18.7. The zero-order valence-electron chi connectivity index (χ0n) is 15.4. The Morgan fingerprint density at radius 3 is 2.56 bits per heavy atom. The lowest BCUT2D eigenvalue weighted by Gasteiger charge is -2.33. The fraction of sp³-hybridized carbons (Fsp3) is 0.217. The van der Waals surface area contributed by atoms with Gasteiger partial charge in [0, 0.05) is 12.0 Å². The Hall–Kier alpha value is -3.01. The van der Waals surface area contributed by atoms with Crippen molar-refractivity contribution in [2.24, 2.45) is 5.41 Å². The molecule has 0 N–H and O–H groups in total. The second-order valence-electron chi connectivity index (χ2n) is 7.47. The third-order valence-electron chi connectivity index (χ3n) is 5.49. The number of rotatable bonds is 4. The fourth-order valence-corrected chi connectivity index (χ4v) is 3.69. The van der Waals surface area contributed by atoms with E-state index in [1.54, 1.807) is 12.1 Å². The molecule has 0 aliphatic heterocycles. The van der Waals surface area contributed by atoms with Crippen LogP contribution in [0.5, 0.6) is 0 Å². The number of nitrogens with zero attached hydrogens (tertiary/aromatic N) is 2. The highest BCUT2D eigenvalue weighted by molar-refractivity contribution is 5.96. The summed E-state index contributed by atoms with van der Waals surface area (Å²) in [5, 5.41) is 4.50. The number of hydrogen-bond donors (Lipinski definition) is 0. The van der Waals surface area contributed by atoms with Crippen LogP contribution in [-0.2, 0) is 6.42 Å². The van der Waals surface area contributed by atoms with Crippen molar-refractivity contribution in [1.82, 2.24) is 9.78 Å². The Kier molecular flexibility index (Phi) is 4.27. The average Bonchev–Trinajstić information content (AvgIpc) is 3.05. The SMILES string of the molecule is CC1=Cc2c(cnn2-c2ccc(F)cc2)C[C@]1(C)CC(=O)c1ccccc1. The lowest BCUT2D eigenvalue weighted by atomic mass is 9.70. The molecule has 1 aliphatic rings. The molecular weight excluding hydrogens is 339 g/mol. The summed E-state index contributed by atoms with van der Waals surface area (Å²) >= 11 is 0. The fourth-order valence-electron chi connectivity index (χ4n) is 3.69. The summed E-state index contributed by atoms with van der Waals surface area (Å²) in [6.45, 7) is 4.21. The second-order valence-corrected chi connectivity index (χ2v) is 7.47. The monoisotopic (exact) mass is 360 g/mol. The van der Waals surface area contributed by atoms with Gasteiger partial charge in [-0.2, -0.15) is 5.10 Å². The van der Waals surface area contributed by atoms with Crippen molar-refractivity contribution < 1.29 is 9.18 Å². The van der Waals surface area contributed by atoms with Crippen LogP contribution < -0.4 is 0 Å². The van der Waals surface area contributed by atoms with Gasteiger partial charge in [0.15, 0.2) is 5.78 Å². The average molecular weight is 360 g/mol. The molecule has 1 heterocycles. The number of aromatic nitrogens is 2. The minimum atomic E-state index is -0.265. The predicted molar refractivity (Wildman–Crippen MR) is 104 cm³/mol. The number of fused-ring (bicyclic) bond motifs is 1. The van der Waals surface area contributed by atoms with Crippen molar-refractivity contribution >= 4 is 11.9 Å². The van der Waals surface area contributed by atoms with Crippen molar-refractivity contribution in [1.29, 1.82) is 0 Å². The number of ketones is 1. The molecule has 3 aromatic rings. The molecule has 0 saturated heterocycles. The van der Waals surface area contributed by atoms with Crippen LogP contribution >= 0.6 is 0 Å². The molecule has 3 nitrogen and oxygen atoms in total. The van der Waals surface area contributed by atoms with E-state index in [0.717, 1.165) is 34.5 Å². The van der Waals surface area contributed by atoms with Gasteiger partial charge in [-0.3, -0.25) is 4.79 Å². The van der Waals surface area contributed by atoms with E-state index in [-0.39, 0.29) is 17.0 Å². The predicted octanol–water partition coefficient (Wildman–Crippen LogP) is 5.25. The van der Waals surface area contributed by atoms with Crippen molar-refractivity contribution in [3.8, 4) is 5.69 Å². The number of halogens is 1. The van der Waals surface area contributed by atoms with E-state index in [4.69, 9.17) is 0 Å². The molecule has 1 atom stereocenters. The van der Waals surface area contributed by atoms with Crippen molar-refractivity contribution in [2.45, 2.75) is 26.7 Å². The first-order valence-electron chi connectivity index (χ1n) is 9.06. The third kappa shape index (κ3) is 3.23. The minimum Gasteiger partial charge on any atom is -0.294 e. The van der Waals surface area contributed by atoms with Crippen LogP contribution in [0, 0.1) is 11.2 Å². The molecule has 0 unspecified atom stereocenters. The molecule has 0 spiro atoms. The maximum absolute atomic E-state index is 13.2. The Balaban J connectivity index is 1.64. The number of carbonyl (C=O) groups excluding carboxylic acids is 1. The Bertz CT molecular complexity index is 1020. The van der Waals surface area contributed by atoms with Gasteiger partial charge < -0.3 is 0 Å². The highest BCUT2D eigenvalue weighted by Crippen LogP contribution is 2.42. The van der Waals surface area contributed by atoms with Crippen LogP contribution in [0.25, 0.3) is 11.8 Å². The molecule has 0 bridgehead atoms. The van der Waals surface area contributed by atoms with Crippen molar-refractivity contribution in [3.63, 3.8) is 0 Å². The van der Waals surface area contributed by atoms with Gasteiger partial charge in [0.1, 0.15) is 5.82 Å². The maximum atomic E-state index is 13.2. The molecule has 136 valence electrons. The van der Waals surface area contributed by atoms with Gasteiger partial charge >= 0.3 is 0 Å². The number of allylic oxidation sites excluding steroid dienone is 1. The quantitative estimate of drug-likeness (QED) is 0.596. The van der Waals surface area contributed by atoms with Crippen molar-refractivity contribution in [3.05, 3.63) is 89.0 Å². The molecule has 0 amide bonds. The molecule has 0 fully saturated rings. The molecule has 4 heteroatoms. The zero-order valence-corrected chi connectivity index (χ0v) is 15.4. The van der Waals surface area contributed by atoms with Gasteiger partial charge in [-0.1, -0.05) is 42.8 Å². The largest absolute Gasteiger partial charge is 0.294 e. The number of benzene rings is 2. The van der Waals surface area contributed by atoms with Crippen LogP contribution in [0.2, 0.25) is 0 Å². The maximum Gasteiger partial charge on any atom is 0.163 e. The lowest BCUT2D eigenvalue weighted by Crippen LogP contribution is -2.28. The second kappa shape index (κ2) is 6.62. The van der Waals surface area contributed by atoms with E-state index in [1.165, 1.54) is 12.1 Å². The Labute approximate surface area is 158 Å². The van der Waals surface area contributed by atoms with Gasteiger partial charge in [0.25, 0.3) is 0 Å². The summed E-state index contributed by atoms with van der Waals surface area (Å²) < 4.78 is 15.0. The Morgan fingerprint density at radius 1 is 1.15 bits per heavy atom. The first kappa shape index (κ1) is 17.4. The molecular formula is C23H21FN2O.